The lowest BCUT2D eigenvalue weighted by atomic mass is 9.82. The van der Waals surface area contributed by atoms with Crippen LogP contribution in [0.2, 0.25) is 0 Å². The maximum Gasteiger partial charge on any atom is 0.252 e. The number of halogens is 1. The predicted molar refractivity (Wildman–Crippen MR) is 75.1 cm³/mol. The molecule has 1 aromatic carbocycles. The minimum atomic E-state index is -0.0198. The number of benzene rings is 1. The molecule has 0 aliphatic rings. The van der Waals surface area contributed by atoms with Gasteiger partial charge in [0, 0.05) is 11.0 Å². The molecule has 1 unspecified atom stereocenters. The second kappa shape index (κ2) is 5.67. The Morgan fingerprint density at radius 3 is 2.47 bits per heavy atom. The van der Waals surface area contributed by atoms with Crippen LogP contribution in [0.4, 0.5) is 0 Å². The first kappa shape index (κ1) is 14.2. The summed E-state index contributed by atoms with van der Waals surface area (Å²) in [6.07, 6.45) is 0. The van der Waals surface area contributed by atoms with Gasteiger partial charge in [0.1, 0.15) is 0 Å². The highest BCUT2D eigenvalue weighted by Gasteiger charge is 2.20. The summed E-state index contributed by atoms with van der Waals surface area (Å²) in [4.78, 5) is 12.0. The van der Waals surface area contributed by atoms with E-state index in [0.29, 0.717) is 18.0 Å². The Bertz CT molecular complexity index is 395. The minimum absolute atomic E-state index is 0.0198. The van der Waals surface area contributed by atoms with Crippen molar-refractivity contribution >= 4 is 21.8 Å². The van der Waals surface area contributed by atoms with Crippen LogP contribution >= 0.6 is 15.9 Å². The highest BCUT2D eigenvalue weighted by Crippen LogP contribution is 2.24. The second-order valence-corrected chi connectivity index (χ2v) is 6.31. The zero-order chi connectivity index (χ0) is 13.1. The fourth-order valence-electron chi connectivity index (χ4n) is 1.29. The quantitative estimate of drug-likeness (QED) is 0.902. The van der Waals surface area contributed by atoms with Gasteiger partial charge in [-0.15, -0.1) is 0 Å². The van der Waals surface area contributed by atoms with Gasteiger partial charge in [0.2, 0.25) is 0 Å². The highest BCUT2D eigenvalue weighted by molar-refractivity contribution is 9.10. The standard InChI is InChI=1S/C14H20BrNO/c1-10(14(2,3)4)9-16-13(17)11-7-5-6-8-12(11)15/h5-8,10H,9H2,1-4H3,(H,16,17). The Hall–Kier alpha value is -0.830. The van der Waals surface area contributed by atoms with Crippen molar-refractivity contribution < 1.29 is 4.79 Å². The van der Waals surface area contributed by atoms with Crippen LogP contribution in [0.15, 0.2) is 28.7 Å². The van der Waals surface area contributed by atoms with E-state index in [0.717, 1.165) is 4.47 Å². The average molecular weight is 298 g/mol. The third-order valence-electron chi connectivity index (χ3n) is 3.17. The van der Waals surface area contributed by atoms with Crippen molar-refractivity contribution in [2.75, 3.05) is 6.54 Å². The third kappa shape index (κ3) is 4.15. The van der Waals surface area contributed by atoms with E-state index < -0.39 is 0 Å². The molecule has 2 nitrogen and oxygen atoms in total. The van der Waals surface area contributed by atoms with Crippen LogP contribution in [0.5, 0.6) is 0 Å². The number of hydrogen-bond acceptors (Lipinski definition) is 1. The van der Waals surface area contributed by atoms with Crippen molar-refractivity contribution in [1.82, 2.24) is 5.32 Å². The number of hydrogen-bond donors (Lipinski definition) is 1. The van der Waals surface area contributed by atoms with Crippen molar-refractivity contribution in [3.05, 3.63) is 34.3 Å². The molecule has 3 heteroatoms. The molecule has 1 amide bonds. The van der Waals surface area contributed by atoms with Crippen LogP contribution in [0, 0.1) is 11.3 Å². The van der Waals surface area contributed by atoms with Gasteiger partial charge in [-0.05, 0) is 39.4 Å². The number of amides is 1. The van der Waals surface area contributed by atoms with Crippen LogP contribution in [0.1, 0.15) is 38.1 Å². The van der Waals surface area contributed by atoms with Gasteiger partial charge >= 0.3 is 0 Å². The Balaban J connectivity index is 2.60. The average Bonchev–Trinajstić information content (AvgIpc) is 2.24. The van der Waals surface area contributed by atoms with Gasteiger partial charge in [0.25, 0.3) is 5.91 Å². The molecule has 1 atom stereocenters. The van der Waals surface area contributed by atoms with Crippen molar-refractivity contribution in [2.24, 2.45) is 11.3 Å². The molecule has 0 aliphatic carbocycles. The van der Waals surface area contributed by atoms with Gasteiger partial charge in [-0.3, -0.25) is 4.79 Å². The molecule has 1 N–H and O–H groups in total. The molecule has 0 aromatic heterocycles. The van der Waals surface area contributed by atoms with Gasteiger partial charge in [0.05, 0.1) is 5.56 Å². The zero-order valence-electron chi connectivity index (χ0n) is 10.9. The summed E-state index contributed by atoms with van der Waals surface area (Å²) in [5.41, 5.74) is 0.898. The first-order valence-electron chi connectivity index (χ1n) is 5.85. The van der Waals surface area contributed by atoms with Crippen LogP contribution < -0.4 is 5.32 Å². The molecule has 0 heterocycles. The number of carbonyl (C=O) groups is 1. The summed E-state index contributed by atoms with van der Waals surface area (Å²) >= 11 is 3.38. The van der Waals surface area contributed by atoms with E-state index >= 15 is 0 Å². The first-order valence-corrected chi connectivity index (χ1v) is 6.64. The molecule has 0 aliphatic heterocycles. The molecule has 0 saturated heterocycles. The predicted octanol–water partition coefficient (Wildman–Crippen LogP) is 3.86. The van der Waals surface area contributed by atoms with Gasteiger partial charge in [-0.1, -0.05) is 39.8 Å². The normalized spacial score (nSPS) is 13.2. The van der Waals surface area contributed by atoms with Gasteiger partial charge in [-0.25, -0.2) is 0 Å². The molecule has 1 rings (SSSR count). The Labute approximate surface area is 112 Å². The van der Waals surface area contributed by atoms with Crippen LogP contribution in [0.3, 0.4) is 0 Å². The monoisotopic (exact) mass is 297 g/mol. The lowest BCUT2D eigenvalue weighted by Gasteiger charge is -2.27. The molecule has 1 aromatic rings. The second-order valence-electron chi connectivity index (χ2n) is 5.46. The van der Waals surface area contributed by atoms with Crippen molar-refractivity contribution in [3.63, 3.8) is 0 Å². The highest BCUT2D eigenvalue weighted by atomic mass is 79.9. The third-order valence-corrected chi connectivity index (χ3v) is 3.86. The van der Waals surface area contributed by atoms with Crippen molar-refractivity contribution in [2.45, 2.75) is 27.7 Å². The summed E-state index contributed by atoms with van der Waals surface area (Å²) in [6, 6.07) is 7.47. The van der Waals surface area contributed by atoms with E-state index in [1.807, 2.05) is 24.3 Å². The molecule has 17 heavy (non-hydrogen) atoms. The number of nitrogens with one attached hydrogen (secondary N) is 1. The van der Waals surface area contributed by atoms with Gasteiger partial charge < -0.3 is 5.32 Å². The fourth-order valence-corrected chi connectivity index (χ4v) is 1.76. The molecular weight excluding hydrogens is 278 g/mol. The number of rotatable bonds is 3. The van der Waals surface area contributed by atoms with Gasteiger partial charge in [-0.2, -0.15) is 0 Å². The molecule has 94 valence electrons. The van der Waals surface area contributed by atoms with Crippen molar-refractivity contribution in [3.8, 4) is 0 Å². The van der Waals surface area contributed by atoms with Crippen LogP contribution in [-0.4, -0.2) is 12.5 Å². The molecule has 0 radical (unpaired) electrons. The molecule has 0 spiro atoms. The van der Waals surface area contributed by atoms with E-state index in [9.17, 15) is 4.79 Å². The maximum atomic E-state index is 12.0. The van der Waals surface area contributed by atoms with E-state index in [2.05, 4.69) is 48.9 Å². The SMILES string of the molecule is CC(CNC(=O)c1ccccc1Br)C(C)(C)C. The molecule has 0 bridgehead atoms. The number of carbonyl (C=O) groups excluding carboxylic acids is 1. The lowest BCUT2D eigenvalue weighted by molar-refractivity contribution is 0.0936. The van der Waals surface area contributed by atoms with E-state index in [1.165, 1.54) is 0 Å². The topological polar surface area (TPSA) is 29.1 Å². The summed E-state index contributed by atoms with van der Waals surface area (Å²) in [5.74, 6) is 0.419. The van der Waals surface area contributed by atoms with E-state index in [-0.39, 0.29) is 11.3 Å². The minimum Gasteiger partial charge on any atom is -0.352 e. The van der Waals surface area contributed by atoms with Crippen LogP contribution in [-0.2, 0) is 0 Å². The summed E-state index contributed by atoms with van der Waals surface area (Å²) in [5, 5.41) is 2.98. The van der Waals surface area contributed by atoms with E-state index in [1.54, 1.807) is 0 Å². The Morgan fingerprint density at radius 1 is 1.35 bits per heavy atom. The molecule has 0 saturated carbocycles. The molecular formula is C14H20BrNO. The van der Waals surface area contributed by atoms with E-state index in [4.69, 9.17) is 0 Å². The summed E-state index contributed by atoms with van der Waals surface area (Å²) < 4.78 is 0.834. The maximum absolute atomic E-state index is 12.0. The smallest absolute Gasteiger partial charge is 0.252 e. The Kier molecular flexibility index (Phi) is 4.75. The van der Waals surface area contributed by atoms with Gasteiger partial charge in [0.15, 0.2) is 0 Å². The zero-order valence-corrected chi connectivity index (χ0v) is 12.5. The largest absolute Gasteiger partial charge is 0.352 e. The summed E-state index contributed by atoms with van der Waals surface area (Å²) in [7, 11) is 0. The van der Waals surface area contributed by atoms with Crippen molar-refractivity contribution in [1.29, 1.82) is 0 Å². The Morgan fingerprint density at radius 2 is 1.94 bits per heavy atom. The van der Waals surface area contributed by atoms with Crippen LogP contribution in [0.25, 0.3) is 0 Å². The molecule has 0 fully saturated rings. The lowest BCUT2D eigenvalue weighted by Crippen LogP contribution is -2.33. The fraction of sp³-hybridized carbons (Fsp3) is 0.500. The summed E-state index contributed by atoms with van der Waals surface area (Å²) in [6.45, 7) is 9.40. The first-order chi connectivity index (χ1) is 7.82.